The van der Waals surface area contributed by atoms with Crippen molar-refractivity contribution >= 4 is 17.6 Å². The van der Waals surface area contributed by atoms with E-state index in [1.807, 2.05) is 12.1 Å². The summed E-state index contributed by atoms with van der Waals surface area (Å²) in [7, 11) is 1.80. The highest BCUT2D eigenvalue weighted by Crippen LogP contribution is 2.29. The number of carbonyl (C=O) groups is 2. The Morgan fingerprint density at radius 3 is 2.85 bits per heavy atom. The van der Waals surface area contributed by atoms with E-state index in [1.54, 1.807) is 18.0 Å². The molecule has 0 saturated heterocycles. The van der Waals surface area contributed by atoms with Crippen LogP contribution in [0.2, 0.25) is 0 Å². The lowest BCUT2D eigenvalue weighted by molar-refractivity contribution is -0.130. The van der Waals surface area contributed by atoms with Crippen molar-refractivity contribution in [3.63, 3.8) is 0 Å². The van der Waals surface area contributed by atoms with Gasteiger partial charge in [0.1, 0.15) is 12.4 Å². The van der Waals surface area contributed by atoms with Gasteiger partial charge in [0.25, 0.3) is 0 Å². The molecule has 1 fully saturated rings. The summed E-state index contributed by atoms with van der Waals surface area (Å²) in [6.07, 6.45) is 3.70. The number of nitrogens with zero attached hydrogens (tertiary/aromatic N) is 1. The number of carbonyl (C=O) groups excluding carboxylic acids is 2. The van der Waals surface area contributed by atoms with E-state index in [0.29, 0.717) is 18.3 Å². The number of anilines is 1. The zero-order valence-electron chi connectivity index (χ0n) is 15.0. The third-order valence-corrected chi connectivity index (χ3v) is 4.88. The monoisotopic (exact) mass is 362 g/mol. The molecule has 1 aromatic rings. The number of hydrogen-bond donors (Lipinski definition) is 4. The van der Waals surface area contributed by atoms with Gasteiger partial charge in [-0.15, -0.1) is 0 Å². The van der Waals surface area contributed by atoms with Gasteiger partial charge in [0.15, 0.2) is 6.23 Å². The van der Waals surface area contributed by atoms with Crippen LogP contribution in [0.3, 0.4) is 0 Å². The maximum Gasteiger partial charge on any atom is 0.315 e. The Labute approximate surface area is 152 Å². The maximum absolute atomic E-state index is 12.1. The summed E-state index contributed by atoms with van der Waals surface area (Å²) < 4.78 is 5.45. The van der Waals surface area contributed by atoms with Crippen LogP contribution >= 0.6 is 0 Å². The molecule has 3 rings (SSSR count). The second-order valence-electron chi connectivity index (χ2n) is 6.78. The summed E-state index contributed by atoms with van der Waals surface area (Å²) in [5, 5.41) is 17.7. The van der Waals surface area contributed by atoms with Crippen LogP contribution in [0, 0.1) is 0 Å². The van der Waals surface area contributed by atoms with E-state index in [4.69, 9.17) is 4.74 Å². The van der Waals surface area contributed by atoms with Crippen LogP contribution in [-0.4, -0.2) is 54.4 Å². The maximum atomic E-state index is 12.1. The molecule has 0 unspecified atom stereocenters. The summed E-state index contributed by atoms with van der Waals surface area (Å²) in [6, 6.07) is 5.37. The van der Waals surface area contributed by atoms with Crippen molar-refractivity contribution in [2.45, 2.75) is 44.5 Å². The molecule has 0 bridgehead atoms. The Morgan fingerprint density at radius 2 is 2.08 bits per heavy atom. The Bertz CT molecular complexity index is 661. The van der Waals surface area contributed by atoms with Gasteiger partial charge < -0.3 is 30.7 Å². The lowest BCUT2D eigenvalue weighted by atomic mass is 10.1. The van der Waals surface area contributed by atoms with Crippen molar-refractivity contribution in [1.29, 1.82) is 0 Å². The highest BCUT2D eigenvalue weighted by molar-refractivity contribution is 5.84. The number of benzene rings is 1. The summed E-state index contributed by atoms with van der Waals surface area (Å²) in [4.78, 5) is 25.8. The van der Waals surface area contributed by atoms with Crippen molar-refractivity contribution < 1.29 is 19.4 Å². The first-order chi connectivity index (χ1) is 12.5. The van der Waals surface area contributed by atoms with E-state index in [2.05, 4.69) is 16.0 Å². The van der Waals surface area contributed by atoms with Gasteiger partial charge >= 0.3 is 6.03 Å². The second kappa shape index (κ2) is 8.27. The minimum Gasteiger partial charge on any atom is -0.487 e. The largest absolute Gasteiger partial charge is 0.487 e. The van der Waals surface area contributed by atoms with E-state index >= 15 is 0 Å². The summed E-state index contributed by atoms with van der Waals surface area (Å²) in [5.41, 5.74) is 1.59. The Hall–Kier alpha value is -2.48. The Kier molecular flexibility index (Phi) is 5.82. The SMILES string of the molecule is CN(C(=O)CNC(=O)NCc1ccc2c(c1)OC[C@@H](O)N2)C1CCCC1. The number of hydrogen-bond acceptors (Lipinski definition) is 5. The van der Waals surface area contributed by atoms with Crippen molar-refractivity contribution in [2.24, 2.45) is 0 Å². The zero-order chi connectivity index (χ0) is 18.5. The molecule has 0 aromatic heterocycles. The van der Waals surface area contributed by atoms with E-state index < -0.39 is 6.23 Å². The molecule has 1 atom stereocenters. The number of amides is 3. The summed E-state index contributed by atoms with van der Waals surface area (Å²) in [6.45, 7) is 0.493. The third-order valence-electron chi connectivity index (χ3n) is 4.88. The van der Waals surface area contributed by atoms with E-state index in [-0.39, 0.29) is 25.1 Å². The summed E-state index contributed by atoms with van der Waals surface area (Å²) >= 11 is 0. The van der Waals surface area contributed by atoms with Crippen molar-refractivity contribution in [3.05, 3.63) is 23.8 Å². The van der Waals surface area contributed by atoms with Gasteiger partial charge in [-0.05, 0) is 30.5 Å². The second-order valence-corrected chi connectivity index (χ2v) is 6.78. The van der Waals surface area contributed by atoms with Gasteiger partial charge in [-0.1, -0.05) is 18.9 Å². The topological polar surface area (TPSA) is 103 Å². The molecule has 0 spiro atoms. The highest BCUT2D eigenvalue weighted by atomic mass is 16.5. The van der Waals surface area contributed by atoms with Crippen LogP contribution in [0.25, 0.3) is 0 Å². The summed E-state index contributed by atoms with van der Waals surface area (Å²) in [5.74, 6) is 0.572. The minimum absolute atomic E-state index is 0.00601. The minimum atomic E-state index is -0.711. The molecule has 1 heterocycles. The van der Waals surface area contributed by atoms with Crippen molar-refractivity contribution in [3.8, 4) is 5.75 Å². The van der Waals surface area contributed by atoms with Gasteiger partial charge in [-0.25, -0.2) is 4.79 Å². The number of fused-ring (bicyclic) bond motifs is 1. The fraction of sp³-hybridized carbons (Fsp3) is 0.556. The molecule has 8 nitrogen and oxygen atoms in total. The molecule has 8 heteroatoms. The number of aliphatic hydroxyl groups is 1. The number of likely N-dealkylation sites (N-methyl/N-ethyl adjacent to an activating group) is 1. The number of rotatable bonds is 5. The first-order valence-corrected chi connectivity index (χ1v) is 9.00. The highest BCUT2D eigenvalue weighted by Gasteiger charge is 2.23. The van der Waals surface area contributed by atoms with Gasteiger partial charge in [-0.2, -0.15) is 0 Å². The van der Waals surface area contributed by atoms with Gasteiger partial charge in [0, 0.05) is 19.6 Å². The molecule has 0 radical (unpaired) electrons. The Balaban J connectivity index is 1.42. The van der Waals surface area contributed by atoms with E-state index in [9.17, 15) is 14.7 Å². The van der Waals surface area contributed by atoms with Crippen molar-refractivity contribution in [2.75, 3.05) is 25.5 Å². The number of urea groups is 1. The Morgan fingerprint density at radius 1 is 1.31 bits per heavy atom. The molecule has 1 aliphatic heterocycles. The van der Waals surface area contributed by atoms with Crippen molar-refractivity contribution in [1.82, 2.24) is 15.5 Å². The first kappa shape index (κ1) is 18.3. The quantitative estimate of drug-likeness (QED) is 0.626. The number of nitrogens with one attached hydrogen (secondary N) is 3. The van der Waals surface area contributed by atoms with Gasteiger partial charge in [0.2, 0.25) is 5.91 Å². The average molecular weight is 362 g/mol. The molecule has 4 N–H and O–H groups in total. The standard InChI is InChI=1S/C18H26N4O4/c1-22(13-4-2-3-5-13)17(24)10-20-18(25)19-9-12-6-7-14-15(8-12)26-11-16(23)21-14/h6-8,13,16,21,23H,2-5,9-11H2,1H3,(H2,19,20,25)/t16-/m1/s1. The fourth-order valence-electron chi connectivity index (χ4n) is 3.33. The average Bonchev–Trinajstić information content (AvgIpc) is 3.18. The molecule has 1 saturated carbocycles. The van der Waals surface area contributed by atoms with Crippen LogP contribution in [0.5, 0.6) is 5.75 Å². The predicted octanol–water partition coefficient (Wildman–Crippen LogP) is 1.01. The van der Waals surface area contributed by atoms with E-state index in [0.717, 1.165) is 36.9 Å². The zero-order valence-corrected chi connectivity index (χ0v) is 15.0. The lowest BCUT2D eigenvalue weighted by Crippen LogP contribution is -2.45. The molecule has 1 aromatic carbocycles. The lowest BCUT2D eigenvalue weighted by Gasteiger charge is -2.24. The smallest absolute Gasteiger partial charge is 0.315 e. The predicted molar refractivity (Wildman–Crippen MR) is 96.8 cm³/mol. The molecule has 2 aliphatic rings. The van der Waals surface area contributed by atoms with Crippen LogP contribution in [-0.2, 0) is 11.3 Å². The molecule has 26 heavy (non-hydrogen) atoms. The van der Waals surface area contributed by atoms with Crippen LogP contribution in [0.4, 0.5) is 10.5 Å². The third kappa shape index (κ3) is 4.57. The molecule has 1 aliphatic carbocycles. The molecule has 142 valence electrons. The fourth-order valence-corrected chi connectivity index (χ4v) is 3.33. The normalized spacial score (nSPS) is 19.1. The number of aliphatic hydroxyl groups excluding tert-OH is 1. The van der Waals surface area contributed by atoms with Crippen LogP contribution in [0.1, 0.15) is 31.2 Å². The van der Waals surface area contributed by atoms with Gasteiger partial charge in [-0.3, -0.25) is 4.79 Å². The number of ether oxygens (including phenoxy) is 1. The first-order valence-electron chi connectivity index (χ1n) is 9.00. The molecule has 3 amide bonds. The molecular weight excluding hydrogens is 336 g/mol. The van der Waals surface area contributed by atoms with Crippen LogP contribution < -0.4 is 20.7 Å². The molecular formula is C18H26N4O4. The van der Waals surface area contributed by atoms with E-state index in [1.165, 1.54) is 0 Å². The van der Waals surface area contributed by atoms with Crippen LogP contribution in [0.15, 0.2) is 18.2 Å². The van der Waals surface area contributed by atoms with Gasteiger partial charge in [0.05, 0.1) is 12.2 Å².